The van der Waals surface area contributed by atoms with Crippen LogP contribution in [0.15, 0.2) is 30.3 Å². The van der Waals surface area contributed by atoms with Crippen LogP contribution in [0.3, 0.4) is 0 Å². The van der Waals surface area contributed by atoms with Crippen LogP contribution in [-0.2, 0) is 11.3 Å². The molecule has 2 heteroatoms. The molecule has 0 saturated heterocycles. The van der Waals surface area contributed by atoms with Crippen LogP contribution in [-0.4, -0.2) is 19.2 Å². The highest BCUT2D eigenvalue weighted by molar-refractivity contribution is 5.13. The molecule has 1 saturated carbocycles. The van der Waals surface area contributed by atoms with Crippen molar-refractivity contribution in [3.8, 4) is 0 Å². The molecular weight excluding hydrogens is 222 g/mol. The highest BCUT2D eigenvalue weighted by Gasteiger charge is 2.23. The van der Waals surface area contributed by atoms with E-state index in [1.807, 2.05) is 6.07 Å². The maximum atomic E-state index is 5.86. The van der Waals surface area contributed by atoms with Gasteiger partial charge in [0.05, 0.1) is 13.2 Å². The van der Waals surface area contributed by atoms with Gasteiger partial charge in [-0.05, 0) is 30.2 Å². The van der Waals surface area contributed by atoms with Crippen LogP contribution in [0.2, 0.25) is 0 Å². The van der Waals surface area contributed by atoms with Gasteiger partial charge in [-0.25, -0.2) is 0 Å². The SMILES string of the molecule is CC(C)C(CNC1CC1)COCc1ccccc1. The van der Waals surface area contributed by atoms with Gasteiger partial charge in [0, 0.05) is 12.6 Å². The number of ether oxygens (including phenoxy) is 1. The van der Waals surface area contributed by atoms with E-state index in [-0.39, 0.29) is 0 Å². The Morgan fingerprint density at radius 2 is 1.94 bits per heavy atom. The number of rotatable bonds is 8. The van der Waals surface area contributed by atoms with Gasteiger partial charge in [-0.3, -0.25) is 0 Å². The quantitative estimate of drug-likeness (QED) is 0.761. The summed E-state index contributed by atoms with van der Waals surface area (Å²) in [5.74, 6) is 1.29. The average molecular weight is 247 g/mol. The van der Waals surface area contributed by atoms with Crippen molar-refractivity contribution in [1.82, 2.24) is 5.32 Å². The van der Waals surface area contributed by atoms with Gasteiger partial charge >= 0.3 is 0 Å². The van der Waals surface area contributed by atoms with E-state index in [9.17, 15) is 0 Å². The lowest BCUT2D eigenvalue weighted by atomic mass is 9.97. The molecule has 1 unspecified atom stereocenters. The standard InChI is InChI=1S/C16H25NO/c1-13(2)15(10-17-16-8-9-16)12-18-11-14-6-4-3-5-7-14/h3-7,13,15-17H,8-12H2,1-2H3. The van der Waals surface area contributed by atoms with Gasteiger partial charge in [0.2, 0.25) is 0 Å². The second kappa shape index (κ2) is 6.91. The monoisotopic (exact) mass is 247 g/mol. The Labute approximate surface area is 111 Å². The fraction of sp³-hybridized carbons (Fsp3) is 0.625. The van der Waals surface area contributed by atoms with E-state index in [4.69, 9.17) is 4.74 Å². The zero-order valence-electron chi connectivity index (χ0n) is 11.6. The Kier molecular flexibility index (Phi) is 5.21. The van der Waals surface area contributed by atoms with Gasteiger partial charge in [-0.15, -0.1) is 0 Å². The fourth-order valence-electron chi connectivity index (χ4n) is 1.99. The predicted octanol–water partition coefficient (Wildman–Crippen LogP) is 3.23. The molecule has 2 nitrogen and oxygen atoms in total. The summed E-state index contributed by atoms with van der Waals surface area (Å²) < 4.78 is 5.86. The molecule has 0 bridgehead atoms. The highest BCUT2D eigenvalue weighted by Crippen LogP contribution is 2.20. The summed E-state index contributed by atoms with van der Waals surface area (Å²) >= 11 is 0. The van der Waals surface area contributed by atoms with Crippen LogP contribution in [0.1, 0.15) is 32.3 Å². The molecule has 1 aliphatic rings. The molecular formula is C16H25NO. The zero-order valence-corrected chi connectivity index (χ0v) is 11.6. The minimum Gasteiger partial charge on any atom is -0.376 e. The minimum atomic E-state index is 0.620. The van der Waals surface area contributed by atoms with Gasteiger partial charge in [-0.2, -0.15) is 0 Å². The van der Waals surface area contributed by atoms with Gasteiger partial charge in [0.25, 0.3) is 0 Å². The Balaban J connectivity index is 1.68. The largest absolute Gasteiger partial charge is 0.376 e. The molecule has 0 radical (unpaired) electrons. The molecule has 1 aromatic carbocycles. The van der Waals surface area contributed by atoms with E-state index in [1.165, 1.54) is 18.4 Å². The summed E-state index contributed by atoms with van der Waals surface area (Å²) in [6, 6.07) is 11.2. The summed E-state index contributed by atoms with van der Waals surface area (Å²) in [6.07, 6.45) is 2.71. The first-order valence-corrected chi connectivity index (χ1v) is 7.10. The van der Waals surface area contributed by atoms with E-state index < -0.39 is 0 Å². The molecule has 0 aromatic heterocycles. The van der Waals surface area contributed by atoms with Gasteiger partial charge in [-0.1, -0.05) is 44.2 Å². The molecule has 1 aliphatic carbocycles. The molecule has 0 spiro atoms. The molecule has 2 rings (SSSR count). The Morgan fingerprint density at radius 1 is 1.22 bits per heavy atom. The molecule has 0 amide bonds. The number of nitrogens with one attached hydrogen (secondary N) is 1. The van der Waals surface area contributed by atoms with Crippen LogP contribution in [0.5, 0.6) is 0 Å². The predicted molar refractivity (Wildman–Crippen MR) is 75.5 cm³/mol. The Bertz CT molecular complexity index is 332. The number of hydrogen-bond acceptors (Lipinski definition) is 2. The average Bonchev–Trinajstić information content (AvgIpc) is 3.18. The van der Waals surface area contributed by atoms with Crippen LogP contribution in [0.25, 0.3) is 0 Å². The smallest absolute Gasteiger partial charge is 0.0717 e. The topological polar surface area (TPSA) is 21.3 Å². The molecule has 18 heavy (non-hydrogen) atoms. The first-order valence-electron chi connectivity index (χ1n) is 7.10. The molecule has 1 atom stereocenters. The first-order chi connectivity index (χ1) is 8.75. The van der Waals surface area contributed by atoms with Crippen LogP contribution < -0.4 is 5.32 Å². The van der Waals surface area contributed by atoms with Crippen molar-refractivity contribution in [2.75, 3.05) is 13.2 Å². The summed E-state index contributed by atoms with van der Waals surface area (Å²) in [5, 5.41) is 3.61. The maximum Gasteiger partial charge on any atom is 0.0717 e. The molecule has 1 N–H and O–H groups in total. The number of hydrogen-bond donors (Lipinski definition) is 1. The van der Waals surface area contributed by atoms with E-state index in [2.05, 4.69) is 43.4 Å². The van der Waals surface area contributed by atoms with Crippen molar-refractivity contribution in [2.45, 2.75) is 39.3 Å². The van der Waals surface area contributed by atoms with Gasteiger partial charge in [0.15, 0.2) is 0 Å². The molecule has 0 aliphatic heterocycles. The Morgan fingerprint density at radius 3 is 2.56 bits per heavy atom. The van der Waals surface area contributed by atoms with E-state index >= 15 is 0 Å². The van der Waals surface area contributed by atoms with E-state index in [0.717, 1.165) is 25.8 Å². The number of benzene rings is 1. The van der Waals surface area contributed by atoms with Crippen LogP contribution in [0, 0.1) is 11.8 Å². The lowest BCUT2D eigenvalue weighted by Gasteiger charge is -2.21. The first kappa shape index (κ1) is 13.6. The van der Waals surface area contributed by atoms with Crippen LogP contribution >= 0.6 is 0 Å². The van der Waals surface area contributed by atoms with Crippen molar-refractivity contribution in [1.29, 1.82) is 0 Å². The van der Waals surface area contributed by atoms with Crippen molar-refractivity contribution in [2.24, 2.45) is 11.8 Å². The van der Waals surface area contributed by atoms with Gasteiger partial charge in [0.1, 0.15) is 0 Å². The van der Waals surface area contributed by atoms with Crippen molar-refractivity contribution >= 4 is 0 Å². The lowest BCUT2D eigenvalue weighted by molar-refractivity contribution is 0.0711. The van der Waals surface area contributed by atoms with Crippen molar-refractivity contribution < 1.29 is 4.74 Å². The molecule has 1 aromatic rings. The van der Waals surface area contributed by atoms with E-state index in [1.54, 1.807) is 0 Å². The third kappa shape index (κ3) is 4.79. The minimum absolute atomic E-state index is 0.620. The van der Waals surface area contributed by atoms with E-state index in [0.29, 0.717) is 11.8 Å². The maximum absolute atomic E-state index is 5.86. The summed E-state index contributed by atoms with van der Waals surface area (Å²) in [6.45, 7) is 7.24. The summed E-state index contributed by atoms with van der Waals surface area (Å²) in [7, 11) is 0. The zero-order chi connectivity index (χ0) is 12.8. The lowest BCUT2D eigenvalue weighted by Crippen LogP contribution is -2.30. The molecule has 100 valence electrons. The fourth-order valence-corrected chi connectivity index (χ4v) is 1.99. The highest BCUT2D eigenvalue weighted by atomic mass is 16.5. The second-order valence-electron chi connectivity index (χ2n) is 5.69. The summed E-state index contributed by atoms with van der Waals surface area (Å²) in [4.78, 5) is 0. The van der Waals surface area contributed by atoms with Crippen molar-refractivity contribution in [3.05, 3.63) is 35.9 Å². The van der Waals surface area contributed by atoms with Crippen molar-refractivity contribution in [3.63, 3.8) is 0 Å². The third-order valence-corrected chi connectivity index (χ3v) is 3.63. The second-order valence-corrected chi connectivity index (χ2v) is 5.69. The normalized spacial score (nSPS) is 17.1. The third-order valence-electron chi connectivity index (χ3n) is 3.63. The molecule has 0 heterocycles. The molecule has 1 fully saturated rings. The Hall–Kier alpha value is -0.860. The van der Waals surface area contributed by atoms with Gasteiger partial charge < -0.3 is 10.1 Å². The summed E-state index contributed by atoms with van der Waals surface area (Å²) in [5.41, 5.74) is 1.26. The van der Waals surface area contributed by atoms with Crippen LogP contribution in [0.4, 0.5) is 0 Å².